The number of aryl methyl sites for hydroxylation is 2. The molecule has 20 heavy (non-hydrogen) atoms. The molecule has 1 aromatic carbocycles. The fourth-order valence-electron chi connectivity index (χ4n) is 3.38. The molecule has 0 spiro atoms. The van der Waals surface area contributed by atoms with Crippen molar-refractivity contribution in [1.29, 1.82) is 0 Å². The van der Waals surface area contributed by atoms with E-state index >= 15 is 0 Å². The number of anilines is 2. The molecule has 4 rings (SSSR count). The molecule has 0 saturated heterocycles. The van der Waals surface area contributed by atoms with E-state index in [1.807, 2.05) is 6.26 Å². The normalized spacial score (nSPS) is 18.1. The summed E-state index contributed by atoms with van der Waals surface area (Å²) < 4.78 is 5.73. The van der Waals surface area contributed by atoms with Crippen molar-refractivity contribution < 1.29 is 4.42 Å². The highest BCUT2D eigenvalue weighted by molar-refractivity contribution is 5.64. The maximum atomic E-state index is 5.73. The van der Waals surface area contributed by atoms with Crippen molar-refractivity contribution >= 4 is 11.6 Å². The smallest absolute Gasteiger partial charge is 0.205 e. The summed E-state index contributed by atoms with van der Waals surface area (Å²) in [7, 11) is 0. The van der Waals surface area contributed by atoms with Crippen LogP contribution in [0.1, 0.15) is 30.0 Å². The molecule has 0 fully saturated rings. The van der Waals surface area contributed by atoms with Gasteiger partial charge in [0.2, 0.25) is 5.88 Å². The Kier molecular flexibility index (Phi) is 2.81. The Morgan fingerprint density at radius 1 is 1.10 bits per heavy atom. The van der Waals surface area contributed by atoms with Crippen molar-refractivity contribution in [2.24, 2.45) is 0 Å². The van der Waals surface area contributed by atoms with Crippen molar-refractivity contribution in [3.8, 4) is 0 Å². The number of nitrogens with zero attached hydrogens (tertiary/aromatic N) is 2. The van der Waals surface area contributed by atoms with Gasteiger partial charge in [-0.1, -0.05) is 13.0 Å². The van der Waals surface area contributed by atoms with Gasteiger partial charge in [-0.25, -0.2) is 0 Å². The molecule has 0 N–H and O–H groups in total. The van der Waals surface area contributed by atoms with Gasteiger partial charge in [0.1, 0.15) is 0 Å². The number of benzene rings is 1. The molecule has 2 aromatic rings. The first-order chi connectivity index (χ1) is 9.85. The standard InChI is InChI=1S/C17H20N2O/c1-2-18-11-15-8-9-20-17(15)19(12-18)16-7-6-13-4-3-5-14(13)10-16/h6-10H,2-5,11-12H2,1H3. The molecule has 3 heteroatoms. The SMILES string of the molecule is CCN1Cc2ccoc2N(c2ccc3c(c2)CCC3)C1. The van der Waals surface area contributed by atoms with E-state index in [4.69, 9.17) is 4.42 Å². The largest absolute Gasteiger partial charge is 0.448 e. The van der Waals surface area contributed by atoms with Crippen molar-refractivity contribution in [3.05, 3.63) is 47.2 Å². The third-order valence-corrected chi connectivity index (χ3v) is 4.55. The molecule has 2 aliphatic rings. The Hall–Kier alpha value is -1.74. The molecule has 0 unspecified atom stereocenters. The van der Waals surface area contributed by atoms with Crippen LogP contribution in [0.15, 0.2) is 34.9 Å². The van der Waals surface area contributed by atoms with Gasteiger partial charge < -0.3 is 4.42 Å². The van der Waals surface area contributed by atoms with Crippen LogP contribution in [-0.2, 0) is 19.4 Å². The van der Waals surface area contributed by atoms with Crippen molar-refractivity contribution in [2.45, 2.75) is 32.7 Å². The number of hydrogen-bond donors (Lipinski definition) is 0. The van der Waals surface area contributed by atoms with Crippen LogP contribution in [0, 0.1) is 0 Å². The molecule has 1 aromatic heterocycles. The van der Waals surface area contributed by atoms with Crippen molar-refractivity contribution in [2.75, 3.05) is 18.1 Å². The monoisotopic (exact) mass is 268 g/mol. The van der Waals surface area contributed by atoms with Crippen molar-refractivity contribution in [3.63, 3.8) is 0 Å². The molecule has 3 nitrogen and oxygen atoms in total. The summed E-state index contributed by atoms with van der Waals surface area (Å²) in [6, 6.07) is 8.99. The minimum absolute atomic E-state index is 0.912. The fourth-order valence-corrected chi connectivity index (χ4v) is 3.38. The van der Waals surface area contributed by atoms with Crippen LogP contribution in [0.25, 0.3) is 0 Å². The molecule has 0 bridgehead atoms. The second-order valence-corrected chi connectivity index (χ2v) is 5.77. The Labute approximate surface area is 119 Å². The van der Waals surface area contributed by atoms with Gasteiger partial charge in [-0.3, -0.25) is 9.80 Å². The zero-order valence-electron chi connectivity index (χ0n) is 11.9. The minimum atomic E-state index is 0.912. The molecule has 0 radical (unpaired) electrons. The Bertz CT molecular complexity index is 632. The molecular weight excluding hydrogens is 248 g/mol. The lowest BCUT2D eigenvalue weighted by Gasteiger charge is -2.35. The fraction of sp³-hybridized carbons (Fsp3) is 0.412. The lowest BCUT2D eigenvalue weighted by molar-refractivity contribution is 0.268. The highest BCUT2D eigenvalue weighted by atomic mass is 16.3. The molecule has 0 atom stereocenters. The van der Waals surface area contributed by atoms with Crippen LogP contribution in [0.3, 0.4) is 0 Å². The van der Waals surface area contributed by atoms with E-state index in [0.29, 0.717) is 0 Å². The average molecular weight is 268 g/mol. The van der Waals surface area contributed by atoms with Gasteiger partial charge in [0.25, 0.3) is 0 Å². The highest BCUT2D eigenvalue weighted by Gasteiger charge is 2.26. The first kappa shape index (κ1) is 12.0. The van der Waals surface area contributed by atoms with Gasteiger partial charge in [-0.2, -0.15) is 0 Å². The van der Waals surface area contributed by atoms with Crippen LogP contribution < -0.4 is 4.90 Å². The number of fused-ring (bicyclic) bond motifs is 2. The molecule has 0 amide bonds. The van der Waals surface area contributed by atoms with E-state index in [2.05, 4.69) is 41.0 Å². The van der Waals surface area contributed by atoms with Gasteiger partial charge in [-0.05, 0) is 55.1 Å². The third kappa shape index (κ3) is 1.85. The maximum absolute atomic E-state index is 5.73. The average Bonchev–Trinajstić information content (AvgIpc) is 3.13. The predicted molar refractivity (Wildman–Crippen MR) is 80.3 cm³/mol. The molecule has 1 aliphatic heterocycles. The van der Waals surface area contributed by atoms with E-state index in [1.165, 1.54) is 41.6 Å². The highest BCUT2D eigenvalue weighted by Crippen LogP contribution is 2.36. The second kappa shape index (κ2) is 4.67. The third-order valence-electron chi connectivity index (χ3n) is 4.55. The summed E-state index contributed by atoms with van der Waals surface area (Å²) >= 11 is 0. The lowest BCUT2D eigenvalue weighted by atomic mass is 10.1. The van der Waals surface area contributed by atoms with Crippen LogP contribution in [0.5, 0.6) is 0 Å². The molecule has 0 saturated carbocycles. The zero-order valence-corrected chi connectivity index (χ0v) is 11.9. The lowest BCUT2D eigenvalue weighted by Crippen LogP contribution is -2.39. The first-order valence-electron chi connectivity index (χ1n) is 7.53. The number of furan rings is 1. The number of rotatable bonds is 2. The van der Waals surface area contributed by atoms with Gasteiger partial charge in [0.15, 0.2) is 0 Å². The van der Waals surface area contributed by atoms with Gasteiger partial charge in [0, 0.05) is 17.8 Å². The van der Waals surface area contributed by atoms with Crippen molar-refractivity contribution in [1.82, 2.24) is 4.90 Å². The summed E-state index contributed by atoms with van der Waals surface area (Å²) in [5.74, 6) is 1.02. The molecule has 104 valence electrons. The van der Waals surface area contributed by atoms with E-state index in [9.17, 15) is 0 Å². The van der Waals surface area contributed by atoms with Gasteiger partial charge in [0.05, 0.1) is 12.9 Å². The summed E-state index contributed by atoms with van der Waals surface area (Å²) in [4.78, 5) is 4.74. The van der Waals surface area contributed by atoms with E-state index in [1.54, 1.807) is 0 Å². The Morgan fingerprint density at radius 3 is 2.90 bits per heavy atom. The van der Waals surface area contributed by atoms with Gasteiger partial charge in [-0.15, -0.1) is 0 Å². The van der Waals surface area contributed by atoms with Crippen LogP contribution >= 0.6 is 0 Å². The number of hydrogen-bond acceptors (Lipinski definition) is 3. The molecule has 1 aliphatic carbocycles. The van der Waals surface area contributed by atoms with Gasteiger partial charge >= 0.3 is 0 Å². The Balaban J connectivity index is 1.74. The topological polar surface area (TPSA) is 19.6 Å². The van der Waals surface area contributed by atoms with E-state index in [-0.39, 0.29) is 0 Å². The second-order valence-electron chi connectivity index (χ2n) is 5.77. The first-order valence-corrected chi connectivity index (χ1v) is 7.53. The van der Waals surface area contributed by atoms with Crippen LogP contribution in [0.2, 0.25) is 0 Å². The molecule has 2 heterocycles. The Morgan fingerprint density at radius 2 is 2.00 bits per heavy atom. The van der Waals surface area contributed by atoms with E-state index in [0.717, 1.165) is 25.6 Å². The van der Waals surface area contributed by atoms with Crippen LogP contribution in [0.4, 0.5) is 11.6 Å². The quantitative estimate of drug-likeness (QED) is 0.828. The maximum Gasteiger partial charge on any atom is 0.205 e. The summed E-state index contributed by atoms with van der Waals surface area (Å²) in [6.45, 7) is 5.18. The minimum Gasteiger partial charge on any atom is -0.448 e. The predicted octanol–water partition coefficient (Wildman–Crippen LogP) is 3.70. The summed E-state index contributed by atoms with van der Waals surface area (Å²) in [5, 5.41) is 0. The summed E-state index contributed by atoms with van der Waals surface area (Å²) in [6.07, 6.45) is 5.57. The van der Waals surface area contributed by atoms with E-state index < -0.39 is 0 Å². The van der Waals surface area contributed by atoms with Crippen LogP contribution in [-0.4, -0.2) is 18.1 Å². The molecular formula is C17H20N2O. The summed E-state index contributed by atoms with van der Waals surface area (Å²) in [5.41, 5.74) is 5.60. The zero-order chi connectivity index (χ0) is 13.5.